The fourth-order valence-corrected chi connectivity index (χ4v) is 9.08. The monoisotopic (exact) mass is 374 g/mol. The number of Topliss-reactive ketones (excluding diaryl/α,β-unsaturated/α-hetero) is 1. The van der Waals surface area contributed by atoms with Gasteiger partial charge in [-0.15, -0.1) is 0 Å². The second-order valence-corrected chi connectivity index (χ2v) is 10.8. The van der Waals surface area contributed by atoms with Gasteiger partial charge in [0.15, 0.2) is 0 Å². The summed E-state index contributed by atoms with van der Waals surface area (Å²) in [7, 11) is 1.72. The number of hydrogen-bond donors (Lipinski definition) is 0. The van der Waals surface area contributed by atoms with Crippen molar-refractivity contribution in [1.82, 2.24) is 0 Å². The minimum atomic E-state index is 0.404. The van der Waals surface area contributed by atoms with Crippen molar-refractivity contribution in [3.63, 3.8) is 0 Å². The first-order valence-electron chi connectivity index (χ1n) is 11.7. The molecule has 1 spiro atoms. The molecular formula is C24H38O3. The molecule has 0 heterocycles. The van der Waals surface area contributed by atoms with E-state index in [0.29, 0.717) is 35.4 Å². The molecule has 3 nitrogen and oxygen atoms in total. The third kappa shape index (κ3) is 2.70. The van der Waals surface area contributed by atoms with Gasteiger partial charge in [-0.25, -0.2) is 0 Å². The number of ether oxygens (including phenoxy) is 2. The summed E-state index contributed by atoms with van der Waals surface area (Å²) in [6, 6.07) is 0. The predicted octanol–water partition coefficient (Wildman–Crippen LogP) is 5.37. The highest BCUT2D eigenvalue weighted by Crippen LogP contribution is 2.69. The molecule has 5 rings (SSSR count). The maximum atomic E-state index is 12.7. The van der Waals surface area contributed by atoms with Gasteiger partial charge >= 0.3 is 0 Å². The van der Waals surface area contributed by atoms with Gasteiger partial charge in [0.25, 0.3) is 0 Å². The summed E-state index contributed by atoms with van der Waals surface area (Å²) >= 11 is 0. The van der Waals surface area contributed by atoms with Crippen LogP contribution in [-0.4, -0.2) is 25.8 Å². The number of fused-ring (bicyclic) bond motifs is 4. The zero-order valence-electron chi connectivity index (χ0n) is 17.4. The van der Waals surface area contributed by atoms with Gasteiger partial charge in [-0.1, -0.05) is 6.92 Å². The fourth-order valence-electron chi connectivity index (χ4n) is 9.08. The zero-order chi connectivity index (χ0) is 18.6. The van der Waals surface area contributed by atoms with Gasteiger partial charge in [0.2, 0.25) is 0 Å². The normalized spacial score (nSPS) is 51.9. The van der Waals surface area contributed by atoms with E-state index in [4.69, 9.17) is 9.47 Å². The number of methoxy groups -OCH3 is 1. The summed E-state index contributed by atoms with van der Waals surface area (Å²) in [6.45, 7) is 3.07. The third-order valence-electron chi connectivity index (χ3n) is 10.2. The average molecular weight is 375 g/mol. The van der Waals surface area contributed by atoms with E-state index in [0.717, 1.165) is 30.1 Å². The Balaban J connectivity index is 1.36. The molecule has 8 atom stereocenters. The Morgan fingerprint density at radius 1 is 1.00 bits per heavy atom. The lowest BCUT2D eigenvalue weighted by molar-refractivity contribution is -0.161. The van der Waals surface area contributed by atoms with Gasteiger partial charge in [-0.3, -0.25) is 4.79 Å². The number of carbonyl (C=O) groups is 1. The Bertz CT molecular complexity index is 588. The van der Waals surface area contributed by atoms with Crippen LogP contribution in [0.1, 0.15) is 84.0 Å². The molecule has 3 heteroatoms. The Morgan fingerprint density at radius 2 is 1.89 bits per heavy atom. The van der Waals surface area contributed by atoms with Crippen LogP contribution < -0.4 is 0 Å². The molecule has 0 bridgehead atoms. The lowest BCUT2D eigenvalue weighted by Crippen LogP contribution is -2.55. The second kappa shape index (κ2) is 6.83. The number of rotatable bonds is 3. The average Bonchev–Trinajstić information content (AvgIpc) is 3.07. The highest BCUT2D eigenvalue weighted by Gasteiger charge is 2.63. The van der Waals surface area contributed by atoms with Gasteiger partial charge < -0.3 is 9.47 Å². The highest BCUT2D eigenvalue weighted by molar-refractivity contribution is 5.83. The van der Waals surface area contributed by atoms with Crippen molar-refractivity contribution in [2.24, 2.45) is 40.4 Å². The van der Waals surface area contributed by atoms with Crippen molar-refractivity contribution in [3.05, 3.63) is 0 Å². The molecule has 152 valence electrons. The van der Waals surface area contributed by atoms with Gasteiger partial charge in [0, 0.05) is 19.4 Å². The minimum absolute atomic E-state index is 0.404. The highest BCUT2D eigenvalue weighted by atomic mass is 16.7. The minimum Gasteiger partial charge on any atom is -0.359 e. The van der Waals surface area contributed by atoms with E-state index in [1.807, 2.05) is 0 Å². The van der Waals surface area contributed by atoms with Crippen molar-refractivity contribution in [1.29, 1.82) is 0 Å². The molecule has 5 aliphatic carbocycles. The number of ketones is 1. The SMILES string of the molecule is COCO[C@@H]1CC[C@]2(C)C3CC[C@]45CCCC(=O)[C@H]4CCC5C3CC[C@H]2C1. The van der Waals surface area contributed by atoms with Gasteiger partial charge in [-0.05, 0) is 105 Å². The second-order valence-electron chi connectivity index (χ2n) is 10.8. The largest absolute Gasteiger partial charge is 0.359 e. The first kappa shape index (κ1) is 18.6. The Morgan fingerprint density at radius 3 is 2.74 bits per heavy atom. The molecule has 5 saturated carbocycles. The van der Waals surface area contributed by atoms with E-state index >= 15 is 0 Å². The quantitative estimate of drug-likeness (QED) is 0.623. The lowest BCUT2D eigenvalue weighted by atomic mass is 9.43. The lowest BCUT2D eigenvalue weighted by Gasteiger charge is -2.62. The fraction of sp³-hybridized carbons (Fsp3) is 0.958. The maximum Gasteiger partial charge on any atom is 0.146 e. The topological polar surface area (TPSA) is 35.5 Å². The van der Waals surface area contributed by atoms with Gasteiger partial charge in [0.1, 0.15) is 12.6 Å². The molecule has 0 radical (unpaired) electrons. The molecule has 5 fully saturated rings. The van der Waals surface area contributed by atoms with Crippen molar-refractivity contribution in [3.8, 4) is 0 Å². The number of carbonyl (C=O) groups excluding carboxylic acids is 1. The molecule has 0 aromatic heterocycles. The molecule has 0 aliphatic heterocycles. The van der Waals surface area contributed by atoms with E-state index in [-0.39, 0.29) is 0 Å². The van der Waals surface area contributed by atoms with Crippen LogP contribution in [0, 0.1) is 40.4 Å². The summed E-state index contributed by atoms with van der Waals surface area (Å²) in [5.74, 6) is 4.52. The Kier molecular flexibility index (Phi) is 4.71. The molecule has 0 amide bonds. The van der Waals surface area contributed by atoms with Gasteiger partial charge in [-0.2, -0.15) is 0 Å². The smallest absolute Gasteiger partial charge is 0.146 e. The molecule has 27 heavy (non-hydrogen) atoms. The summed E-state index contributed by atoms with van der Waals surface area (Å²) < 4.78 is 11.1. The van der Waals surface area contributed by atoms with Crippen LogP contribution >= 0.6 is 0 Å². The molecule has 0 aromatic rings. The third-order valence-corrected chi connectivity index (χ3v) is 10.2. The van der Waals surface area contributed by atoms with Crippen molar-refractivity contribution < 1.29 is 14.3 Å². The summed E-state index contributed by atoms with van der Waals surface area (Å²) in [6.07, 6.45) is 15.7. The van der Waals surface area contributed by atoms with E-state index in [2.05, 4.69) is 6.92 Å². The first-order valence-corrected chi connectivity index (χ1v) is 11.7. The molecule has 0 saturated heterocycles. The Hall–Kier alpha value is -0.410. The molecule has 0 N–H and O–H groups in total. The molecule has 0 aromatic carbocycles. The summed E-state index contributed by atoms with van der Waals surface area (Å²) in [5.41, 5.74) is 0.923. The van der Waals surface area contributed by atoms with Crippen LogP contribution in [0.5, 0.6) is 0 Å². The van der Waals surface area contributed by atoms with E-state index in [1.54, 1.807) is 7.11 Å². The summed E-state index contributed by atoms with van der Waals surface area (Å²) in [5, 5.41) is 0. The first-order chi connectivity index (χ1) is 13.1. The van der Waals surface area contributed by atoms with E-state index in [9.17, 15) is 4.79 Å². The summed E-state index contributed by atoms with van der Waals surface area (Å²) in [4.78, 5) is 12.7. The standard InChI is InChI=1S/C24H38O3/c1-23-12-9-17(27-15-26-2)14-16(23)5-6-18-19(23)10-13-24-11-3-4-22(25)21(24)8-7-20(18)24/h16-21H,3-15H2,1-2H3/t16-,17+,18?,19?,20?,21+,23-,24-/m0/s1. The van der Waals surface area contributed by atoms with Crippen LogP contribution in [0.25, 0.3) is 0 Å². The molecular weight excluding hydrogens is 336 g/mol. The predicted molar refractivity (Wildman–Crippen MR) is 105 cm³/mol. The van der Waals surface area contributed by atoms with Crippen molar-refractivity contribution in [2.45, 2.75) is 90.1 Å². The Labute approximate surface area is 164 Å². The maximum absolute atomic E-state index is 12.7. The van der Waals surface area contributed by atoms with E-state index < -0.39 is 0 Å². The van der Waals surface area contributed by atoms with Gasteiger partial charge in [0.05, 0.1) is 6.10 Å². The van der Waals surface area contributed by atoms with Crippen LogP contribution in [-0.2, 0) is 14.3 Å². The van der Waals surface area contributed by atoms with Crippen LogP contribution in [0.3, 0.4) is 0 Å². The molecule has 3 unspecified atom stereocenters. The zero-order valence-corrected chi connectivity index (χ0v) is 17.4. The van der Waals surface area contributed by atoms with Crippen LogP contribution in [0.2, 0.25) is 0 Å². The van der Waals surface area contributed by atoms with Crippen molar-refractivity contribution in [2.75, 3.05) is 13.9 Å². The van der Waals surface area contributed by atoms with Crippen LogP contribution in [0.4, 0.5) is 0 Å². The van der Waals surface area contributed by atoms with E-state index in [1.165, 1.54) is 70.6 Å². The van der Waals surface area contributed by atoms with Crippen LogP contribution in [0.15, 0.2) is 0 Å². The molecule has 5 aliphatic rings. The van der Waals surface area contributed by atoms with Crippen molar-refractivity contribution >= 4 is 5.78 Å². The number of hydrogen-bond acceptors (Lipinski definition) is 3.